The zero-order valence-electron chi connectivity index (χ0n) is 10.1. The van der Waals surface area contributed by atoms with E-state index < -0.39 is 6.29 Å². The van der Waals surface area contributed by atoms with Crippen LogP contribution < -0.4 is 16.8 Å². The maximum Gasteiger partial charge on any atom is 0.217 e. The molecule has 1 atom stereocenters. The van der Waals surface area contributed by atoms with Gasteiger partial charge in [-0.25, -0.2) is 9.98 Å². The van der Waals surface area contributed by atoms with Gasteiger partial charge in [-0.2, -0.15) is 0 Å². The van der Waals surface area contributed by atoms with Crippen LogP contribution in [0.15, 0.2) is 28.2 Å². The molecule has 0 aromatic heterocycles. The van der Waals surface area contributed by atoms with E-state index in [2.05, 4.69) is 47.3 Å². The summed E-state index contributed by atoms with van der Waals surface area (Å²) in [5.74, 6) is 0.0396. The van der Waals surface area contributed by atoms with Crippen molar-refractivity contribution in [1.29, 1.82) is 0 Å². The van der Waals surface area contributed by atoms with Gasteiger partial charge in [0.1, 0.15) is 0 Å². The minimum Gasteiger partial charge on any atom is -0.370 e. The van der Waals surface area contributed by atoms with Crippen molar-refractivity contribution < 1.29 is 0 Å². The van der Waals surface area contributed by atoms with E-state index in [-0.39, 0.29) is 5.96 Å². The van der Waals surface area contributed by atoms with E-state index in [0.29, 0.717) is 0 Å². The lowest BCUT2D eigenvalue weighted by atomic mass is 10.0. The number of hydrogen-bond donors (Lipinski definition) is 3. The van der Waals surface area contributed by atoms with Gasteiger partial charge >= 0.3 is 0 Å². The quantitative estimate of drug-likeness (QED) is 0.527. The predicted molar refractivity (Wildman–Crippen MR) is 71.2 cm³/mol. The Morgan fingerprint density at radius 1 is 1.47 bits per heavy atom. The van der Waals surface area contributed by atoms with Gasteiger partial charge in [-0.3, -0.25) is 0 Å². The fourth-order valence-corrected chi connectivity index (χ4v) is 1.90. The Kier molecular flexibility index (Phi) is 2.99. The van der Waals surface area contributed by atoms with E-state index in [1.807, 2.05) is 0 Å². The Balaban J connectivity index is 2.42. The summed E-state index contributed by atoms with van der Waals surface area (Å²) in [6.45, 7) is 4.12. The monoisotopic (exact) mass is 231 g/mol. The number of guanidine groups is 1. The van der Waals surface area contributed by atoms with Crippen LogP contribution in [0.3, 0.4) is 0 Å². The lowest BCUT2D eigenvalue weighted by molar-refractivity contribution is 0.793. The van der Waals surface area contributed by atoms with E-state index >= 15 is 0 Å². The van der Waals surface area contributed by atoms with Gasteiger partial charge in [0, 0.05) is 17.0 Å². The highest BCUT2D eigenvalue weighted by atomic mass is 15.3. The van der Waals surface area contributed by atoms with Gasteiger partial charge < -0.3 is 16.8 Å². The van der Waals surface area contributed by atoms with Gasteiger partial charge in [-0.05, 0) is 25.0 Å². The van der Waals surface area contributed by atoms with Crippen LogP contribution in [-0.2, 0) is 0 Å². The molecule has 0 bridgehead atoms. The van der Waals surface area contributed by atoms with Crippen LogP contribution in [-0.4, -0.2) is 18.0 Å². The standard InChI is InChI=1S/C12H17N5/c1-3-9-8-5-4-7(2)6-10(8)16-12(15-9)17-11(13)14/h4-6,12,16H,3H2,1-2H3,(H4,13,14,17)/t12-/m0/s1. The average Bonchev–Trinajstić information content (AvgIpc) is 2.26. The Bertz CT molecular complexity index is 486. The van der Waals surface area contributed by atoms with Crippen LogP contribution >= 0.6 is 0 Å². The molecule has 1 heterocycles. The zero-order chi connectivity index (χ0) is 12.4. The number of anilines is 1. The molecule has 5 heteroatoms. The normalized spacial score (nSPS) is 17.8. The molecule has 1 aromatic carbocycles. The van der Waals surface area contributed by atoms with Crippen LogP contribution in [0.25, 0.3) is 0 Å². The van der Waals surface area contributed by atoms with E-state index in [4.69, 9.17) is 11.5 Å². The second-order valence-corrected chi connectivity index (χ2v) is 4.05. The minimum absolute atomic E-state index is 0.0396. The van der Waals surface area contributed by atoms with Crippen molar-refractivity contribution >= 4 is 17.4 Å². The topological polar surface area (TPSA) is 88.8 Å². The van der Waals surface area contributed by atoms with Crippen LogP contribution in [0.4, 0.5) is 5.69 Å². The first-order chi connectivity index (χ1) is 8.10. The molecular weight excluding hydrogens is 214 g/mol. The summed E-state index contributed by atoms with van der Waals surface area (Å²) in [6, 6.07) is 6.23. The van der Waals surface area contributed by atoms with E-state index in [9.17, 15) is 0 Å². The van der Waals surface area contributed by atoms with Crippen molar-refractivity contribution in [2.24, 2.45) is 21.5 Å². The number of benzene rings is 1. The summed E-state index contributed by atoms with van der Waals surface area (Å²) < 4.78 is 0. The first-order valence-corrected chi connectivity index (χ1v) is 5.63. The van der Waals surface area contributed by atoms with Gasteiger partial charge in [-0.15, -0.1) is 0 Å². The van der Waals surface area contributed by atoms with Crippen molar-refractivity contribution in [1.82, 2.24) is 0 Å². The molecule has 5 N–H and O–H groups in total. The minimum atomic E-state index is -0.413. The van der Waals surface area contributed by atoms with E-state index in [1.54, 1.807) is 0 Å². The van der Waals surface area contributed by atoms with Crippen molar-refractivity contribution in [3.8, 4) is 0 Å². The molecule has 5 nitrogen and oxygen atoms in total. The molecule has 0 spiro atoms. The Labute approximate surface area is 101 Å². The van der Waals surface area contributed by atoms with Crippen LogP contribution in [0, 0.1) is 6.92 Å². The second kappa shape index (κ2) is 4.45. The molecular formula is C12H17N5. The Morgan fingerprint density at radius 3 is 2.88 bits per heavy atom. The summed E-state index contributed by atoms with van der Waals surface area (Å²) in [4.78, 5) is 8.51. The highest BCUT2D eigenvalue weighted by molar-refractivity contribution is 6.06. The highest BCUT2D eigenvalue weighted by Gasteiger charge is 2.18. The third kappa shape index (κ3) is 2.38. The number of hydrogen-bond acceptors (Lipinski definition) is 3. The number of rotatable bonds is 2. The van der Waals surface area contributed by atoms with Crippen molar-refractivity contribution in [3.63, 3.8) is 0 Å². The summed E-state index contributed by atoms with van der Waals surface area (Å²) in [7, 11) is 0. The number of nitrogens with one attached hydrogen (secondary N) is 1. The lowest BCUT2D eigenvalue weighted by Crippen LogP contribution is -2.30. The SMILES string of the molecule is CCC1=N[C@H](N=C(N)N)Nc2cc(C)ccc21. The molecule has 17 heavy (non-hydrogen) atoms. The van der Waals surface area contributed by atoms with Gasteiger partial charge in [0.15, 0.2) is 5.96 Å². The number of nitrogens with zero attached hydrogens (tertiary/aromatic N) is 2. The highest BCUT2D eigenvalue weighted by Crippen LogP contribution is 2.25. The Morgan fingerprint density at radius 2 is 2.24 bits per heavy atom. The number of aliphatic imine (C=N–C) groups is 2. The maximum absolute atomic E-state index is 5.38. The second-order valence-electron chi connectivity index (χ2n) is 4.05. The van der Waals surface area contributed by atoms with Crippen LogP contribution in [0.1, 0.15) is 24.5 Å². The first kappa shape index (κ1) is 11.4. The molecule has 0 saturated carbocycles. The maximum atomic E-state index is 5.38. The molecule has 0 fully saturated rings. The molecule has 2 rings (SSSR count). The third-order valence-electron chi connectivity index (χ3n) is 2.65. The van der Waals surface area contributed by atoms with Gasteiger partial charge in [0.2, 0.25) is 6.29 Å². The van der Waals surface area contributed by atoms with Gasteiger partial charge in [0.25, 0.3) is 0 Å². The van der Waals surface area contributed by atoms with Crippen molar-refractivity contribution in [2.45, 2.75) is 26.6 Å². The molecule has 0 aliphatic carbocycles. The zero-order valence-corrected chi connectivity index (χ0v) is 10.1. The summed E-state index contributed by atoms with van der Waals surface area (Å²) >= 11 is 0. The van der Waals surface area contributed by atoms with E-state index in [0.717, 1.165) is 23.4 Å². The summed E-state index contributed by atoms with van der Waals surface area (Å²) in [5, 5.41) is 3.20. The molecule has 0 unspecified atom stereocenters. The van der Waals surface area contributed by atoms with E-state index in [1.165, 1.54) is 5.56 Å². The molecule has 0 saturated heterocycles. The molecule has 0 amide bonds. The summed E-state index contributed by atoms with van der Waals surface area (Å²) in [5.41, 5.74) is 15.1. The fraction of sp³-hybridized carbons (Fsp3) is 0.333. The van der Waals surface area contributed by atoms with Crippen LogP contribution in [0.2, 0.25) is 0 Å². The van der Waals surface area contributed by atoms with Gasteiger partial charge in [-0.1, -0.05) is 19.1 Å². The molecule has 1 aliphatic heterocycles. The number of nitrogens with two attached hydrogens (primary N) is 2. The predicted octanol–water partition coefficient (Wildman–Crippen LogP) is 1.18. The molecule has 1 aliphatic rings. The molecule has 90 valence electrons. The smallest absolute Gasteiger partial charge is 0.217 e. The average molecular weight is 231 g/mol. The molecule has 1 aromatic rings. The Hall–Kier alpha value is -2.04. The third-order valence-corrected chi connectivity index (χ3v) is 2.65. The first-order valence-electron chi connectivity index (χ1n) is 5.63. The fourth-order valence-electron chi connectivity index (χ4n) is 1.90. The van der Waals surface area contributed by atoms with Crippen molar-refractivity contribution in [2.75, 3.05) is 5.32 Å². The summed E-state index contributed by atoms with van der Waals surface area (Å²) in [6.07, 6.45) is 0.443. The largest absolute Gasteiger partial charge is 0.370 e. The lowest BCUT2D eigenvalue weighted by Gasteiger charge is -2.23. The number of aryl methyl sites for hydroxylation is 1. The number of fused-ring (bicyclic) bond motifs is 1. The van der Waals surface area contributed by atoms with Crippen LogP contribution in [0.5, 0.6) is 0 Å². The van der Waals surface area contributed by atoms with Gasteiger partial charge in [0.05, 0.1) is 0 Å². The van der Waals surface area contributed by atoms with Crippen molar-refractivity contribution in [3.05, 3.63) is 29.3 Å². The molecule has 0 radical (unpaired) electrons.